The molecule has 8 aromatic carbocycles. The van der Waals surface area contributed by atoms with E-state index in [1.54, 1.807) is 0 Å². The predicted molar refractivity (Wildman–Crippen MR) is 251 cm³/mol. The molecule has 0 spiro atoms. The highest BCUT2D eigenvalue weighted by molar-refractivity contribution is 6.36. The molecular weight excluding hydrogens is 743 g/mol. The van der Waals surface area contributed by atoms with Crippen LogP contribution in [0.15, 0.2) is 218 Å². The first-order valence-electron chi connectivity index (χ1n) is 20.4. The van der Waals surface area contributed by atoms with E-state index in [2.05, 4.69) is 151 Å². The van der Waals surface area contributed by atoms with Gasteiger partial charge in [0.1, 0.15) is 0 Å². The van der Waals surface area contributed by atoms with Crippen LogP contribution in [0.3, 0.4) is 0 Å². The Morgan fingerprint density at radius 3 is 1.23 bits per heavy atom. The van der Waals surface area contributed by atoms with Gasteiger partial charge in [0, 0.05) is 39.1 Å². The maximum Gasteiger partial charge on any atom is 0.164 e. The second-order valence-electron chi connectivity index (χ2n) is 14.9. The minimum absolute atomic E-state index is 0.419. The molecule has 5 heteroatoms. The number of hydrogen-bond donors (Lipinski definition) is 2. The van der Waals surface area contributed by atoms with Gasteiger partial charge in [0.15, 0.2) is 17.5 Å². The quantitative estimate of drug-likeness (QED) is 0.143. The molecule has 0 saturated heterocycles. The SMILES string of the molecule is N=C(/C(=C1\NC(c2ccccc2)=Cc2ccc(-c3nc(-c4ccc(-c5ccccc5)cc4)nc(-c4ccc(-c5ccccc5)cc4)n3)cc21)c1ccccc1)c1ccccc1. The van der Waals surface area contributed by atoms with Crippen LogP contribution >= 0.6 is 0 Å². The standard InChI is InChI=1S/C56H39N5/c57-52(44-24-14-5-15-25-44)51(43-22-12-4-13-23-43)53-49-36-48(35-34-47(49)37-50(58-53)42-20-10-3-11-21-42)56-60-54(45-30-26-40(27-31-45)38-16-6-1-7-17-38)59-55(61-56)46-32-28-41(29-33-46)39-18-8-2-9-19-39/h1-37,57-58H/b53-51-,57-52?. The normalized spacial score (nSPS) is 12.8. The summed E-state index contributed by atoms with van der Waals surface area (Å²) < 4.78 is 0. The van der Waals surface area contributed by atoms with Crippen molar-refractivity contribution in [2.75, 3.05) is 0 Å². The molecule has 0 unspecified atom stereocenters. The molecule has 0 radical (unpaired) electrons. The van der Waals surface area contributed by atoms with Crippen molar-refractivity contribution in [2.45, 2.75) is 0 Å². The zero-order valence-corrected chi connectivity index (χ0v) is 33.2. The van der Waals surface area contributed by atoms with E-state index in [0.717, 1.165) is 83.7 Å². The molecule has 2 N–H and O–H groups in total. The molecule has 0 atom stereocenters. The van der Waals surface area contributed by atoms with Crippen molar-refractivity contribution < 1.29 is 0 Å². The van der Waals surface area contributed by atoms with Gasteiger partial charge in [-0.3, -0.25) is 5.41 Å². The summed E-state index contributed by atoms with van der Waals surface area (Å²) in [7, 11) is 0. The Kier molecular flexibility index (Phi) is 10.0. The van der Waals surface area contributed by atoms with E-state index < -0.39 is 0 Å². The Balaban J connectivity index is 1.15. The molecule has 0 bridgehead atoms. The highest BCUT2D eigenvalue weighted by Gasteiger charge is 2.25. The van der Waals surface area contributed by atoms with Gasteiger partial charge >= 0.3 is 0 Å². The van der Waals surface area contributed by atoms with Gasteiger partial charge in [-0.15, -0.1) is 0 Å². The first-order valence-corrected chi connectivity index (χ1v) is 20.4. The molecule has 5 nitrogen and oxygen atoms in total. The van der Waals surface area contributed by atoms with Gasteiger partial charge in [0.2, 0.25) is 0 Å². The molecule has 0 amide bonds. The predicted octanol–water partition coefficient (Wildman–Crippen LogP) is 13.2. The molecule has 1 aliphatic heterocycles. The second-order valence-corrected chi connectivity index (χ2v) is 14.9. The highest BCUT2D eigenvalue weighted by atomic mass is 15.0. The van der Waals surface area contributed by atoms with Crippen molar-refractivity contribution in [1.29, 1.82) is 5.41 Å². The number of fused-ring (bicyclic) bond motifs is 1. The van der Waals surface area contributed by atoms with Gasteiger partial charge in [-0.25, -0.2) is 15.0 Å². The lowest BCUT2D eigenvalue weighted by Gasteiger charge is -2.26. The first-order chi connectivity index (χ1) is 30.1. The summed E-state index contributed by atoms with van der Waals surface area (Å²) in [6.45, 7) is 0. The average Bonchev–Trinajstić information content (AvgIpc) is 3.35. The second kappa shape index (κ2) is 16.5. The number of allylic oxidation sites excluding steroid dienone is 1. The van der Waals surface area contributed by atoms with Crippen LogP contribution in [-0.2, 0) is 0 Å². The zero-order chi connectivity index (χ0) is 41.0. The van der Waals surface area contributed by atoms with Crippen molar-refractivity contribution in [2.24, 2.45) is 0 Å². The van der Waals surface area contributed by atoms with Crippen LogP contribution in [0.1, 0.15) is 27.8 Å². The monoisotopic (exact) mass is 781 g/mol. The Morgan fingerprint density at radius 2 is 0.738 bits per heavy atom. The Morgan fingerprint density at radius 1 is 0.361 bits per heavy atom. The van der Waals surface area contributed by atoms with Gasteiger partial charge in [-0.1, -0.05) is 212 Å². The number of aromatic nitrogens is 3. The molecule has 288 valence electrons. The summed E-state index contributed by atoms with van der Waals surface area (Å²) in [5.74, 6) is 1.72. The van der Waals surface area contributed by atoms with Crippen molar-refractivity contribution >= 4 is 28.8 Å². The van der Waals surface area contributed by atoms with Crippen LogP contribution in [0.4, 0.5) is 0 Å². The molecule has 0 saturated carbocycles. The highest BCUT2D eigenvalue weighted by Crippen LogP contribution is 2.38. The van der Waals surface area contributed by atoms with Crippen molar-refractivity contribution in [1.82, 2.24) is 20.3 Å². The molecule has 61 heavy (non-hydrogen) atoms. The fourth-order valence-corrected chi connectivity index (χ4v) is 7.82. The maximum absolute atomic E-state index is 9.73. The van der Waals surface area contributed by atoms with Crippen molar-refractivity contribution in [3.05, 3.63) is 246 Å². The fourth-order valence-electron chi connectivity index (χ4n) is 7.82. The van der Waals surface area contributed by atoms with Crippen LogP contribution in [0.25, 0.3) is 79.5 Å². The van der Waals surface area contributed by atoms with Crippen molar-refractivity contribution in [3.8, 4) is 56.4 Å². The van der Waals surface area contributed by atoms with Gasteiger partial charge in [0.05, 0.1) is 11.4 Å². The van der Waals surface area contributed by atoms with Gasteiger partial charge < -0.3 is 5.32 Å². The molecule has 1 aliphatic rings. The van der Waals surface area contributed by atoms with E-state index in [0.29, 0.717) is 23.2 Å². The molecule has 2 heterocycles. The Labute approximate surface area is 355 Å². The summed E-state index contributed by atoms with van der Waals surface area (Å²) in [4.78, 5) is 15.4. The van der Waals surface area contributed by atoms with E-state index in [-0.39, 0.29) is 0 Å². The lowest BCUT2D eigenvalue weighted by molar-refractivity contribution is 1.07. The molecular formula is C56H39N5. The van der Waals surface area contributed by atoms with E-state index in [1.807, 2.05) is 78.9 Å². The van der Waals surface area contributed by atoms with Gasteiger partial charge in [-0.2, -0.15) is 0 Å². The fraction of sp³-hybridized carbons (Fsp3) is 0. The van der Waals surface area contributed by atoms with Crippen LogP contribution in [-0.4, -0.2) is 20.7 Å². The summed E-state index contributed by atoms with van der Waals surface area (Å²) in [5, 5.41) is 13.5. The van der Waals surface area contributed by atoms with Gasteiger partial charge in [0.25, 0.3) is 0 Å². The number of rotatable bonds is 9. The summed E-state index contributed by atoms with van der Waals surface area (Å²) in [5.41, 5.74) is 14.9. The maximum atomic E-state index is 9.73. The largest absolute Gasteiger partial charge is 0.354 e. The molecule has 9 aromatic rings. The smallest absolute Gasteiger partial charge is 0.164 e. The van der Waals surface area contributed by atoms with E-state index >= 15 is 0 Å². The van der Waals surface area contributed by atoms with E-state index in [4.69, 9.17) is 15.0 Å². The Bertz CT molecular complexity index is 2950. The minimum atomic E-state index is 0.419. The van der Waals surface area contributed by atoms with E-state index in [9.17, 15) is 5.41 Å². The Hall–Kier alpha value is -8.28. The first kappa shape index (κ1) is 37.0. The van der Waals surface area contributed by atoms with Crippen LogP contribution in [0, 0.1) is 5.41 Å². The zero-order valence-electron chi connectivity index (χ0n) is 33.2. The average molecular weight is 782 g/mol. The number of nitrogens with zero attached hydrogens (tertiary/aromatic N) is 3. The van der Waals surface area contributed by atoms with E-state index in [1.165, 1.54) is 0 Å². The summed E-state index contributed by atoms with van der Waals surface area (Å²) in [6.07, 6.45) is 2.18. The third kappa shape index (κ3) is 7.72. The minimum Gasteiger partial charge on any atom is -0.354 e. The van der Waals surface area contributed by atoms with Crippen LogP contribution < -0.4 is 5.32 Å². The van der Waals surface area contributed by atoms with Crippen molar-refractivity contribution in [3.63, 3.8) is 0 Å². The third-order valence-corrected chi connectivity index (χ3v) is 11.0. The van der Waals surface area contributed by atoms with Crippen LogP contribution in [0.2, 0.25) is 0 Å². The summed E-state index contributed by atoms with van der Waals surface area (Å²) >= 11 is 0. The molecule has 0 fully saturated rings. The topological polar surface area (TPSA) is 74.6 Å². The summed E-state index contributed by atoms with van der Waals surface area (Å²) in [6, 6.07) is 74.4. The molecule has 1 aromatic heterocycles. The number of hydrogen-bond acceptors (Lipinski definition) is 5. The number of nitrogens with one attached hydrogen (secondary N) is 2. The molecule has 10 rings (SSSR count). The number of benzene rings is 8. The lowest BCUT2D eigenvalue weighted by Crippen LogP contribution is -2.20. The third-order valence-electron chi connectivity index (χ3n) is 11.0. The van der Waals surface area contributed by atoms with Gasteiger partial charge in [-0.05, 0) is 51.1 Å². The lowest BCUT2D eigenvalue weighted by atomic mass is 9.87. The molecule has 0 aliphatic carbocycles. The van der Waals surface area contributed by atoms with Crippen LogP contribution in [0.5, 0.6) is 0 Å².